The van der Waals surface area contributed by atoms with Crippen LogP contribution in [0.15, 0.2) is 29.1 Å². The Balaban J connectivity index is 1.76. The van der Waals surface area contributed by atoms with Crippen LogP contribution in [0.4, 0.5) is 0 Å². The van der Waals surface area contributed by atoms with Gasteiger partial charge in [-0.3, -0.25) is 9.59 Å². The summed E-state index contributed by atoms with van der Waals surface area (Å²) in [6, 6.07) is 7.38. The predicted octanol–water partition coefficient (Wildman–Crippen LogP) is 2.66. The summed E-state index contributed by atoms with van der Waals surface area (Å²) in [6.07, 6.45) is 1.20. The van der Waals surface area contributed by atoms with Gasteiger partial charge in [-0.25, -0.2) is 9.78 Å². The molecule has 33 heavy (non-hydrogen) atoms. The van der Waals surface area contributed by atoms with Crippen LogP contribution in [0.3, 0.4) is 0 Å². The van der Waals surface area contributed by atoms with Gasteiger partial charge in [0.15, 0.2) is 5.60 Å². The van der Waals surface area contributed by atoms with Crippen molar-refractivity contribution in [3.05, 3.63) is 62.4 Å². The van der Waals surface area contributed by atoms with Crippen LogP contribution in [0.1, 0.15) is 54.5 Å². The van der Waals surface area contributed by atoms with Crippen molar-refractivity contribution in [3.8, 4) is 11.4 Å². The SMILES string of the molecule is CCc1c2c(nc3cccc(CCC(=O)O)c13)-c1cc3c(c(=O)n1C2)COC(=O)[C@]3(O)CC. The Morgan fingerprint density at radius 1 is 1.24 bits per heavy atom. The van der Waals surface area contributed by atoms with E-state index in [2.05, 4.69) is 0 Å². The number of pyridine rings is 2. The molecule has 8 heteroatoms. The summed E-state index contributed by atoms with van der Waals surface area (Å²) in [7, 11) is 0. The predicted molar refractivity (Wildman–Crippen MR) is 120 cm³/mol. The fraction of sp³-hybridized carbons (Fsp3) is 0.360. The van der Waals surface area contributed by atoms with E-state index in [9.17, 15) is 19.5 Å². The number of aromatic nitrogens is 2. The number of fused-ring (bicyclic) bond motifs is 5. The van der Waals surface area contributed by atoms with Gasteiger partial charge in [0.25, 0.3) is 5.56 Å². The quantitative estimate of drug-likeness (QED) is 0.451. The van der Waals surface area contributed by atoms with Gasteiger partial charge in [0, 0.05) is 22.9 Å². The molecule has 2 aromatic heterocycles. The van der Waals surface area contributed by atoms with E-state index >= 15 is 0 Å². The van der Waals surface area contributed by atoms with E-state index in [0.29, 0.717) is 41.9 Å². The standard InChI is InChI=1S/C25H24N2O6/c1-3-14-15-11-27-19(10-17-16(23(27)30)12-33-24(31)25(17,32)4-2)22(15)26-18-7-5-6-13(21(14)18)8-9-20(28)29/h5-7,10,32H,3-4,8-9,11-12H2,1-2H3,(H,28,29)/t25-/m0/s1. The minimum Gasteiger partial charge on any atom is -0.481 e. The number of aliphatic carboxylic acids is 1. The number of ether oxygens (including phenoxy) is 1. The molecule has 3 aromatic rings. The molecule has 0 bridgehead atoms. The molecule has 4 heterocycles. The van der Waals surface area contributed by atoms with Crippen molar-refractivity contribution in [1.82, 2.24) is 9.55 Å². The number of aryl methyl sites for hydroxylation is 2. The Morgan fingerprint density at radius 2 is 2.03 bits per heavy atom. The lowest BCUT2D eigenvalue weighted by Crippen LogP contribution is -2.44. The zero-order valence-electron chi connectivity index (χ0n) is 18.5. The van der Waals surface area contributed by atoms with Crippen LogP contribution in [0, 0.1) is 0 Å². The van der Waals surface area contributed by atoms with Crippen LogP contribution in [-0.2, 0) is 45.9 Å². The third-order valence-electron chi connectivity index (χ3n) is 6.88. The van der Waals surface area contributed by atoms with E-state index in [1.165, 1.54) is 0 Å². The van der Waals surface area contributed by atoms with Crippen molar-refractivity contribution in [1.29, 1.82) is 0 Å². The van der Waals surface area contributed by atoms with Gasteiger partial charge in [0.2, 0.25) is 0 Å². The van der Waals surface area contributed by atoms with Crippen LogP contribution >= 0.6 is 0 Å². The number of carboxylic acid groups (broad SMARTS) is 1. The maximum absolute atomic E-state index is 13.4. The van der Waals surface area contributed by atoms with Gasteiger partial charge in [0.1, 0.15) is 6.61 Å². The van der Waals surface area contributed by atoms with Gasteiger partial charge in [-0.2, -0.15) is 0 Å². The minimum atomic E-state index is -1.86. The molecule has 2 aliphatic rings. The molecule has 1 aromatic carbocycles. The van der Waals surface area contributed by atoms with Gasteiger partial charge in [-0.05, 0) is 42.5 Å². The second kappa shape index (κ2) is 7.52. The van der Waals surface area contributed by atoms with Gasteiger partial charge in [-0.15, -0.1) is 0 Å². The second-order valence-electron chi connectivity index (χ2n) is 8.58. The number of aliphatic hydroxyl groups is 1. The first-order chi connectivity index (χ1) is 15.8. The molecule has 0 amide bonds. The summed E-state index contributed by atoms with van der Waals surface area (Å²) in [4.78, 5) is 41.8. The largest absolute Gasteiger partial charge is 0.481 e. The molecular weight excluding hydrogens is 424 g/mol. The van der Waals surface area contributed by atoms with E-state index in [1.807, 2.05) is 25.1 Å². The molecule has 0 fully saturated rings. The molecule has 2 aliphatic heterocycles. The first-order valence-electron chi connectivity index (χ1n) is 11.1. The van der Waals surface area contributed by atoms with Gasteiger partial charge >= 0.3 is 11.9 Å². The molecule has 0 aliphatic carbocycles. The van der Waals surface area contributed by atoms with Crippen molar-refractivity contribution in [2.45, 2.75) is 58.3 Å². The Kier molecular flexibility index (Phi) is 4.86. The summed E-state index contributed by atoms with van der Waals surface area (Å²) in [6.45, 7) is 3.87. The van der Waals surface area contributed by atoms with Crippen molar-refractivity contribution in [2.75, 3.05) is 0 Å². The van der Waals surface area contributed by atoms with E-state index in [4.69, 9.17) is 14.8 Å². The highest BCUT2D eigenvalue weighted by atomic mass is 16.6. The molecule has 8 nitrogen and oxygen atoms in total. The zero-order valence-corrected chi connectivity index (χ0v) is 18.5. The van der Waals surface area contributed by atoms with Gasteiger partial charge in [0.05, 0.1) is 29.0 Å². The number of cyclic esters (lactones) is 1. The third kappa shape index (κ3) is 3.01. The normalized spacial score (nSPS) is 18.6. The first kappa shape index (κ1) is 21.3. The van der Waals surface area contributed by atoms with E-state index < -0.39 is 17.5 Å². The lowest BCUT2D eigenvalue weighted by molar-refractivity contribution is -0.172. The highest BCUT2D eigenvalue weighted by Gasteiger charge is 2.45. The number of carbonyl (C=O) groups excluding carboxylic acids is 1. The molecule has 170 valence electrons. The van der Waals surface area contributed by atoms with Crippen LogP contribution in [0.2, 0.25) is 0 Å². The first-order valence-corrected chi connectivity index (χ1v) is 11.1. The van der Waals surface area contributed by atoms with E-state index in [0.717, 1.165) is 27.6 Å². The summed E-state index contributed by atoms with van der Waals surface area (Å²) in [5, 5.41) is 21.1. The number of carboxylic acids is 1. The average molecular weight is 448 g/mol. The molecule has 0 saturated heterocycles. The van der Waals surface area contributed by atoms with Gasteiger partial charge < -0.3 is 19.5 Å². The van der Waals surface area contributed by atoms with Crippen LogP contribution in [-0.4, -0.2) is 31.7 Å². The minimum absolute atomic E-state index is 0.0232. The number of esters is 1. The van der Waals surface area contributed by atoms with Crippen LogP contribution in [0.5, 0.6) is 0 Å². The zero-order chi connectivity index (χ0) is 23.5. The monoisotopic (exact) mass is 448 g/mol. The van der Waals surface area contributed by atoms with E-state index in [-0.39, 0.29) is 25.0 Å². The molecule has 0 spiro atoms. The number of benzene rings is 1. The summed E-state index contributed by atoms with van der Waals surface area (Å²) in [5.74, 6) is -1.60. The van der Waals surface area contributed by atoms with Crippen molar-refractivity contribution in [2.24, 2.45) is 0 Å². The fourth-order valence-corrected chi connectivity index (χ4v) is 5.14. The smallest absolute Gasteiger partial charge is 0.343 e. The summed E-state index contributed by atoms with van der Waals surface area (Å²) in [5.41, 5.74) is 3.27. The summed E-state index contributed by atoms with van der Waals surface area (Å²) >= 11 is 0. The number of carbonyl (C=O) groups is 2. The Hall–Kier alpha value is -3.52. The number of rotatable bonds is 5. The van der Waals surface area contributed by atoms with Crippen molar-refractivity contribution < 1.29 is 24.5 Å². The number of nitrogens with zero attached hydrogens (tertiary/aromatic N) is 2. The molecule has 1 atom stereocenters. The molecule has 5 rings (SSSR count). The molecule has 0 radical (unpaired) electrons. The van der Waals surface area contributed by atoms with Crippen molar-refractivity contribution >= 4 is 22.8 Å². The van der Waals surface area contributed by atoms with Crippen molar-refractivity contribution in [3.63, 3.8) is 0 Å². The molecule has 0 unspecified atom stereocenters. The van der Waals surface area contributed by atoms with Crippen LogP contribution in [0.25, 0.3) is 22.3 Å². The lowest BCUT2D eigenvalue weighted by atomic mass is 9.86. The second-order valence-corrected chi connectivity index (χ2v) is 8.58. The highest BCUT2D eigenvalue weighted by molar-refractivity contribution is 5.91. The van der Waals surface area contributed by atoms with Gasteiger partial charge in [-0.1, -0.05) is 26.0 Å². The molecule has 0 saturated carbocycles. The molecule has 2 N–H and O–H groups in total. The lowest BCUT2D eigenvalue weighted by Gasteiger charge is -2.31. The Bertz CT molecular complexity index is 1410. The topological polar surface area (TPSA) is 119 Å². The Labute approximate surface area is 189 Å². The molecular formula is C25H24N2O6. The average Bonchev–Trinajstić information content (AvgIpc) is 3.17. The Morgan fingerprint density at radius 3 is 2.73 bits per heavy atom. The number of hydrogen-bond donors (Lipinski definition) is 2. The van der Waals surface area contributed by atoms with Crippen LogP contribution < -0.4 is 5.56 Å². The van der Waals surface area contributed by atoms with E-state index in [1.54, 1.807) is 17.6 Å². The summed E-state index contributed by atoms with van der Waals surface area (Å²) < 4.78 is 6.76. The number of hydrogen-bond acceptors (Lipinski definition) is 6. The maximum atomic E-state index is 13.4. The third-order valence-corrected chi connectivity index (χ3v) is 6.88. The highest BCUT2D eigenvalue weighted by Crippen LogP contribution is 2.40. The maximum Gasteiger partial charge on any atom is 0.343 e. The fourth-order valence-electron chi connectivity index (χ4n) is 5.14.